The first kappa shape index (κ1) is 13.6. The van der Waals surface area contributed by atoms with Gasteiger partial charge >= 0.3 is 6.18 Å². The fraction of sp³-hybridized carbons (Fsp3) is 0.250. The lowest BCUT2D eigenvalue weighted by molar-refractivity contribution is -0.138. The van der Waals surface area contributed by atoms with Crippen LogP contribution in [0.25, 0.3) is 0 Å². The normalized spacial score (nSPS) is 17.3. The van der Waals surface area contributed by atoms with Gasteiger partial charge in [0.1, 0.15) is 0 Å². The zero-order chi connectivity index (χ0) is 15.0. The van der Waals surface area contributed by atoms with Crippen LogP contribution in [0.1, 0.15) is 40.3 Å². The molecule has 3 rings (SSSR count). The van der Waals surface area contributed by atoms with Gasteiger partial charge in [-0.05, 0) is 48.2 Å². The van der Waals surface area contributed by atoms with Gasteiger partial charge in [-0.15, -0.1) is 0 Å². The van der Waals surface area contributed by atoms with Crippen LogP contribution in [0.5, 0.6) is 0 Å². The molecule has 21 heavy (non-hydrogen) atoms. The number of fused-ring (bicyclic) bond motifs is 1. The number of aryl methyl sites for hydroxylation is 1. The number of benzene rings is 1. The molecule has 1 atom stereocenters. The van der Waals surface area contributed by atoms with Crippen molar-refractivity contribution in [3.8, 4) is 6.07 Å². The van der Waals surface area contributed by atoms with Crippen molar-refractivity contribution in [3.63, 3.8) is 0 Å². The minimum Gasteiger partial charge on any atom is -0.261 e. The van der Waals surface area contributed by atoms with Gasteiger partial charge in [0.05, 0.1) is 17.2 Å². The summed E-state index contributed by atoms with van der Waals surface area (Å²) in [6, 6.07) is 9.58. The fourth-order valence-electron chi connectivity index (χ4n) is 2.95. The van der Waals surface area contributed by atoms with Crippen molar-refractivity contribution in [3.05, 3.63) is 64.5 Å². The molecule has 106 valence electrons. The summed E-state index contributed by atoms with van der Waals surface area (Å²) in [4.78, 5) is 4.19. The lowest BCUT2D eigenvalue weighted by Gasteiger charge is -2.18. The van der Waals surface area contributed by atoms with Crippen molar-refractivity contribution in [1.82, 2.24) is 4.98 Å². The Bertz CT molecular complexity index is 715. The molecule has 1 aliphatic carbocycles. The first-order valence-corrected chi connectivity index (χ1v) is 6.55. The average molecular weight is 288 g/mol. The maximum absolute atomic E-state index is 13.3. The number of halogens is 3. The van der Waals surface area contributed by atoms with Gasteiger partial charge < -0.3 is 0 Å². The van der Waals surface area contributed by atoms with Crippen LogP contribution < -0.4 is 0 Å². The quantitative estimate of drug-likeness (QED) is 0.793. The van der Waals surface area contributed by atoms with Gasteiger partial charge in [-0.3, -0.25) is 4.98 Å². The molecule has 1 aromatic carbocycles. The third kappa shape index (κ3) is 2.38. The minimum absolute atomic E-state index is 0.0581. The summed E-state index contributed by atoms with van der Waals surface area (Å²) in [5.74, 6) is -0.356. The summed E-state index contributed by atoms with van der Waals surface area (Å²) in [5.41, 5.74) is 0.885. The SMILES string of the molecule is N#Cc1cc2c(c(C(F)(F)F)c1)C(c1ccccn1)CC2. The van der Waals surface area contributed by atoms with E-state index in [1.807, 2.05) is 6.07 Å². The van der Waals surface area contributed by atoms with Crippen molar-refractivity contribution in [1.29, 1.82) is 5.26 Å². The maximum atomic E-state index is 13.3. The Morgan fingerprint density at radius 2 is 2.05 bits per heavy atom. The highest BCUT2D eigenvalue weighted by atomic mass is 19.4. The van der Waals surface area contributed by atoms with Crippen LogP contribution in [0.15, 0.2) is 36.5 Å². The number of aromatic nitrogens is 1. The average Bonchev–Trinajstić information content (AvgIpc) is 2.89. The molecule has 0 spiro atoms. The van der Waals surface area contributed by atoms with Gasteiger partial charge in [-0.1, -0.05) is 6.07 Å². The van der Waals surface area contributed by atoms with Gasteiger partial charge in [-0.2, -0.15) is 18.4 Å². The summed E-state index contributed by atoms with van der Waals surface area (Å²) in [7, 11) is 0. The second-order valence-electron chi connectivity index (χ2n) is 5.05. The zero-order valence-electron chi connectivity index (χ0n) is 11.0. The highest BCUT2D eigenvalue weighted by Crippen LogP contribution is 2.45. The van der Waals surface area contributed by atoms with Crippen molar-refractivity contribution in [2.45, 2.75) is 24.9 Å². The molecule has 0 amide bonds. The molecule has 2 nitrogen and oxygen atoms in total. The van der Waals surface area contributed by atoms with Gasteiger partial charge in [0.2, 0.25) is 0 Å². The first-order valence-electron chi connectivity index (χ1n) is 6.55. The van der Waals surface area contributed by atoms with Crippen molar-refractivity contribution >= 4 is 0 Å². The lowest BCUT2D eigenvalue weighted by Crippen LogP contribution is -2.12. The zero-order valence-corrected chi connectivity index (χ0v) is 11.0. The summed E-state index contributed by atoms with van der Waals surface area (Å²) < 4.78 is 40.0. The van der Waals surface area contributed by atoms with Gasteiger partial charge in [-0.25, -0.2) is 0 Å². The standard InChI is InChI=1S/C16H11F3N2/c17-16(18,19)13-8-10(9-20)7-11-4-5-12(15(11)13)14-3-1-2-6-21-14/h1-3,6-8,12H,4-5H2. The van der Waals surface area contributed by atoms with E-state index in [4.69, 9.17) is 5.26 Å². The Kier molecular flexibility index (Phi) is 3.17. The van der Waals surface area contributed by atoms with Crippen LogP contribution in [0, 0.1) is 11.3 Å². The Balaban J connectivity index is 2.20. The van der Waals surface area contributed by atoms with E-state index in [1.165, 1.54) is 0 Å². The van der Waals surface area contributed by atoms with Crippen LogP contribution in [-0.4, -0.2) is 4.98 Å². The number of hydrogen-bond acceptors (Lipinski definition) is 2. The Labute approximate surface area is 119 Å². The van der Waals surface area contributed by atoms with Crippen molar-refractivity contribution in [2.24, 2.45) is 0 Å². The van der Waals surface area contributed by atoms with Crippen molar-refractivity contribution in [2.75, 3.05) is 0 Å². The highest BCUT2D eigenvalue weighted by molar-refractivity contribution is 5.51. The maximum Gasteiger partial charge on any atom is 0.416 e. The monoisotopic (exact) mass is 288 g/mol. The first-order chi connectivity index (χ1) is 10.0. The Hall–Kier alpha value is -2.35. The van der Waals surface area contributed by atoms with E-state index in [1.54, 1.807) is 30.5 Å². The second kappa shape index (κ2) is 4.88. The Morgan fingerprint density at radius 3 is 2.67 bits per heavy atom. The number of alkyl halides is 3. The number of rotatable bonds is 1. The van der Waals surface area contributed by atoms with E-state index in [0.29, 0.717) is 24.1 Å². The molecule has 0 bridgehead atoms. The highest BCUT2D eigenvalue weighted by Gasteiger charge is 2.39. The van der Waals surface area contributed by atoms with E-state index >= 15 is 0 Å². The van der Waals surface area contributed by atoms with Crippen LogP contribution in [0.4, 0.5) is 13.2 Å². The number of pyridine rings is 1. The molecule has 0 saturated carbocycles. The van der Waals surface area contributed by atoms with Crippen LogP contribution in [0.2, 0.25) is 0 Å². The lowest BCUT2D eigenvalue weighted by atomic mass is 9.91. The molecule has 1 unspecified atom stereocenters. The van der Waals surface area contributed by atoms with Crippen molar-refractivity contribution < 1.29 is 13.2 Å². The van der Waals surface area contributed by atoms with Crippen LogP contribution >= 0.6 is 0 Å². The van der Waals surface area contributed by atoms with E-state index in [9.17, 15) is 13.2 Å². The number of nitrogens with zero attached hydrogens (tertiary/aromatic N) is 2. The van der Waals surface area contributed by atoms with E-state index < -0.39 is 11.7 Å². The molecule has 0 N–H and O–H groups in total. The van der Waals surface area contributed by atoms with E-state index in [2.05, 4.69) is 4.98 Å². The third-order valence-electron chi connectivity index (χ3n) is 3.80. The Morgan fingerprint density at radius 1 is 1.24 bits per heavy atom. The molecule has 1 heterocycles. The van der Waals surface area contributed by atoms with E-state index in [-0.39, 0.29) is 17.0 Å². The summed E-state index contributed by atoms with van der Waals surface area (Å²) >= 11 is 0. The molecule has 1 aliphatic rings. The minimum atomic E-state index is -4.46. The second-order valence-corrected chi connectivity index (χ2v) is 5.05. The molecule has 1 aromatic heterocycles. The predicted molar refractivity (Wildman–Crippen MR) is 70.6 cm³/mol. The topological polar surface area (TPSA) is 36.7 Å². The van der Waals surface area contributed by atoms with E-state index in [0.717, 1.165) is 6.07 Å². The summed E-state index contributed by atoms with van der Waals surface area (Å²) in [6.07, 6.45) is -1.75. The molecule has 0 fully saturated rings. The molecule has 2 aromatic rings. The number of nitriles is 1. The van der Waals surface area contributed by atoms with Crippen LogP contribution in [-0.2, 0) is 12.6 Å². The predicted octanol–water partition coefficient (Wildman–Crippen LogP) is 4.05. The van der Waals surface area contributed by atoms with Gasteiger partial charge in [0.25, 0.3) is 0 Å². The van der Waals surface area contributed by atoms with Gasteiger partial charge in [0.15, 0.2) is 0 Å². The number of hydrogen-bond donors (Lipinski definition) is 0. The smallest absolute Gasteiger partial charge is 0.261 e. The summed E-state index contributed by atoms with van der Waals surface area (Å²) in [5, 5.41) is 8.91. The third-order valence-corrected chi connectivity index (χ3v) is 3.80. The largest absolute Gasteiger partial charge is 0.416 e. The molecular formula is C16H11F3N2. The molecule has 5 heteroatoms. The molecule has 0 radical (unpaired) electrons. The summed E-state index contributed by atoms with van der Waals surface area (Å²) in [6.45, 7) is 0. The molecule has 0 saturated heterocycles. The van der Waals surface area contributed by atoms with Crippen LogP contribution in [0.3, 0.4) is 0 Å². The molecular weight excluding hydrogens is 277 g/mol. The fourth-order valence-corrected chi connectivity index (χ4v) is 2.95. The molecule has 0 aliphatic heterocycles. The van der Waals surface area contributed by atoms with Gasteiger partial charge in [0, 0.05) is 17.8 Å².